The quantitative estimate of drug-likeness (QED) is 0.354. The molecule has 0 radical (unpaired) electrons. The van der Waals surface area contributed by atoms with Gasteiger partial charge in [0.2, 0.25) is 6.41 Å². The van der Waals surface area contributed by atoms with Crippen molar-refractivity contribution >= 4 is 12.2 Å². The van der Waals surface area contributed by atoms with Gasteiger partial charge in [0.05, 0.1) is 6.10 Å². The smallest absolute Gasteiger partial charge is 0.215 e. The minimum atomic E-state index is -0.770. The molecular weight excluding hydrogens is 261 g/mol. The lowest BCUT2D eigenvalue weighted by molar-refractivity contribution is -0.129. The average molecular weight is 291 g/mol. The van der Waals surface area contributed by atoms with Gasteiger partial charge >= 0.3 is 0 Å². The fraction of sp³-hybridized carbons (Fsp3) is 0.714. The topological polar surface area (TPSA) is 67.9 Å². The number of nitrogens with zero attached hydrogens (tertiary/aromatic N) is 2. The minimum Gasteiger partial charge on any atom is -0.382 e. The summed E-state index contributed by atoms with van der Waals surface area (Å²) in [6, 6.07) is 0. The maximum Gasteiger partial charge on any atom is 0.215 e. The number of aliphatic imine (C=N–C) groups is 1. The van der Waals surface area contributed by atoms with Crippen LogP contribution in [0.15, 0.2) is 17.0 Å². The monoisotopic (exact) mass is 291 g/mol. The van der Waals surface area contributed by atoms with Gasteiger partial charge in [-0.05, 0) is 20.8 Å². The van der Waals surface area contributed by atoms with E-state index in [0.29, 0.717) is 6.41 Å². The molecule has 1 atom stereocenters. The van der Waals surface area contributed by atoms with E-state index in [1.807, 2.05) is 41.5 Å². The van der Waals surface area contributed by atoms with Gasteiger partial charge in [-0.1, -0.05) is 27.7 Å². The average Bonchev–Trinajstić information content (AvgIpc) is 2.46. The Labute approximate surface area is 122 Å². The second-order valence-electron chi connectivity index (χ2n) is 3.42. The van der Waals surface area contributed by atoms with Crippen LogP contribution < -0.4 is 5.73 Å². The van der Waals surface area contributed by atoms with E-state index < -0.39 is 12.1 Å². The van der Waals surface area contributed by atoms with Gasteiger partial charge in [0, 0.05) is 13.2 Å². The van der Waals surface area contributed by atoms with Crippen LogP contribution in [-0.4, -0.2) is 36.5 Å². The number of carbonyl (C=O) groups is 1. The van der Waals surface area contributed by atoms with Crippen molar-refractivity contribution in [2.45, 2.75) is 60.8 Å². The van der Waals surface area contributed by atoms with Gasteiger partial charge < -0.3 is 10.5 Å². The molecule has 0 spiro atoms. The molecule has 5 nitrogen and oxygen atoms in total. The summed E-state index contributed by atoms with van der Waals surface area (Å²) in [6.07, 6.45) is 0.803. The standard InChI is InChI=1S/C10H18FN3O2.2C2H6/c1-7(2)16-8(3)14(6-15)5-9(11)10(12)13-4;2*1-2/h5-8H,1-4H3,(H2,12,13);2*1-2H3/b9-5+;;. The molecule has 0 aromatic carbocycles. The summed E-state index contributed by atoms with van der Waals surface area (Å²) in [5.74, 6) is -1.03. The molecule has 120 valence electrons. The summed E-state index contributed by atoms with van der Waals surface area (Å²) in [4.78, 5) is 15.2. The zero-order chi connectivity index (χ0) is 16.7. The van der Waals surface area contributed by atoms with Crippen LogP contribution in [0.25, 0.3) is 0 Å². The molecule has 0 bridgehead atoms. The Bertz CT molecular complexity index is 292. The maximum absolute atomic E-state index is 13.3. The Kier molecular flexibility index (Phi) is 18.5. The summed E-state index contributed by atoms with van der Waals surface area (Å²) in [6.45, 7) is 13.3. The highest BCUT2D eigenvalue weighted by molar-refractivity contribution is 5.94. The second-order valence-corrected chi connectivity index (χ2v) is 3.42. The normalized spacial score (nSPS) is 12.7. The van der Waals surface area contributed by atoms with E-state index in [2.05, 4.69) is 4.99 Å². The first-order valence-electron chi connectivity index (χ1n) is 6.90. The van der Waals surface area contributed by atoms with E-state index in [1.54, 1.807) is 6.92 Å². The molecule has 0 saturated carbocycles. The summed E-state index contributed by atoms with van der Waals surface area (Å²) in [7, 11) is 1.36. The third-order valence-corrected chi connectivity index (χ3v) is 1.76. The number of rotatable bonds is 6. The molecule has 20 heavy (non-hydrogen) atoms. The fourth-order valence-electron chi connectivity index (χ4n) is 0.989. The van der Waals surface area contributed by atoms with Gasteiger partial charge in [-0.15, -0.1) is 0 Å². The van der Waals surface area contributed by atoms with Crippen LogP contribution in [0.3, 0.4) is 0 Å². The number of halogens is 1. The lowest BCUT2D eigenvalue weighted by Gasteiger charge is -2.23. The van der Waals surface area contributed by atoms with Gasteiger partial charge in [-0.3, -0.25) is 14.7 Å². The van der Waals surface area contributed by atoms with Crippen LogP contribution in [0, 0.1) is 0 Å². The molecule has 0 aromatic rings. The molecule has 0 saturated heterocycles. The molecule has 0 rings (SSSR count). The third-order valence-electron chi connectivity index (χ3n) is 1.76. The van der Waals surface area contributed by atoms with E-state index in [0.717, 1.165) is 11.1 Å². The van der Waals surface area contributed by atoms with E-state index in [4.69, 9.17) is 10.5 Å². The highest BCUT2D eigenvalue weighted by Gasteiger charge is 2.13. The molecule has 0 fully saturated rings. The largest absolute Gasteiger partial charge is 0.382 e. The second kappa shape index (κ2) is 15.6. The molecule has 0 aliphatic heterocycles. The van der Waals surface area contributed by atoms with E-state index >= 15 is 0 Å². The van der Waals surface area contributed by atoms with Crippen molar-refractivity contribution in [3.05, 3.63) is 12.0 Å². The van der Waals surface area contributed by atoms with Crippen LogP contribution in [-0.2, 0) is 9.53 Å². The maximum atomic E-state index is 13.3. The fourth-order valence-corrected chi connectivity index (χ4v) is 0.989. The van der Waals surface area contributed by atoms with Gasteiger partial charge in [-0.25, -0.2) is 4.39 Å². The Morgan fingerprint density at radius 3 is 2.00 bits per heavy atom. The van der Waals surface area contributed by atoms with Gasteiger partial charge in [0.15, 0.2) is 11.7 Å². The van der Waals surface area contributed by atoms with Gasteiger partial charge in [0.1, 0.15) is 6.23 Å². The van der Waals surface area contributed by atoms with Gasteiger partial charge in [-0.2, -0.15) is 0 Å². The molecule has 0 aliphatic rings. The van der Waals surface area contributed by atoms with Crippen LogP contribution in [0.4, 0.5) is 4.39 Å². The van der Waals surface area contributed by atoms with Crippen molar-refractivity contribution < 1.29 is 13.9 Å². The molecule has 1 amide bonds. The summed E-state index contributed by atoms with van der Waals surface area (Å²) in [5, 5.41) is 0. The Hall–Kier alpha value is -1.43. The zero-order valence-electron chi connectivity index (χ0n) is 14.0. The predicted molar refractivity (Wildman–Crippen MR) is 83.0 cm³/mol. The van der Waals surface area contributed by atoms with Gasteiger partial charge in [0.25, 0.3) is 0 Å². The number of ether oxygens (including phenoxy) is 1. The van der Waals surface area contributed by atoms with Crippen LogP contribution in [0.2, 0.25) is 0 Å². The number of hydrogen-bond acceptors (Lipinski definition) is 3. The highest BCUT2D eigenvalue weighted by atomic mass is 19.1. The van der Waals surface area contributed by atoms with Crippen LogP contribution in [0.5, 0.6) is 0 Å². The Morgan fingerprint density at radius 1 is 1.25 bits per heavy atom. The summed E-state index contributed by atoms with van der Waals surface area (Å²) >= 11 is 0. The molecular formula is C14H30FN3O2. The summed E-state index contributed by atoms with van der Waals surface area (Å²) in [5.41, 5.74) is 5.24. The third kappa shape index (κ3) is 11.6. The number of amides is 1. The molecule has 0 aromatic heterocycles. The Morgan fingerprint density at radius 2 is 1.70 bits per heavy atom. The van der Waals surface area contributed by atoms with E-state index in [1.165, 1.54) is 7.05 Å². The van der Waals surface area contributed by atoms with Crippen molar-refractivity contribution in [2.24, 2.45) is 10.7 Å². The first-order chi connectivity index (χ1) is 9.42. The summed E-state index contributed by atoms with van der Waals surface area (Å²) < 4.78 is 18.6. The first-order valence-corrected chi connectivity index (χ1v) is 6.90. The van der Waals surface area contributed by atoms with Crippen LogP contribution in [0.1, 0.15) is 48.5 Å². The zero-order valence-corrected chi connectivity index (χ0v) is 14.0. The molecule has 6 heteroatoms. The highest BCUT2D eigenvalue weighted by Crippen LogP contribution is 2.06. The van der Waals surface area contributed by atoms with Crippen molar-refractivity contribution in [1.29, 1.82) is 0 Å². The number of carbonyl (C=O) groups excluding carboxylic acids is 1. The lowest BCUT2D eigenvalue weighted by Crippen LogP contribution is -2.32. The minimum absolute atomic E-state index is 0.0638. The van der Waals surface area contributed by atoms with E-state index in [-0.39, 0.29) is 11.9 Å². The first kappa shape index (κ1) is 23.6. The Balaban J connectivity index is -0.000000656. The van der Waals surface area contributed by atoms with Crippen molar-refractivity contribution in [1.82, 2.24) is 4.90 Å². The van der Waals surface area contributed by atoms with Crippen molar-refractivity contribution in [3.63, 3.8) is 0 Å². The molecule has 0 heterocycles. The molecule has 1 unspecified atom stereocenters. The number of nitrogens with two attached hydrogens (primary N) is 1. The predicted octanol–water partition coefficient (Wildman–Crippen LogP) is 3.07. The molecule has 0 aliphatic carbocycles. The van der Waals surface area contributed by atoms with Crippen molar-refractivity contribution in [3.8, 4) is 0 Å². The van der Waals surface area contributed by atoms with Crippen molar-refractivity contribution in [2.75, 3.05) is 7.05 Å². The molecule has 2 N–H and O–H groups in total. The lowest BCUT2D eigenvalue weighted by atomic mass is 10.4. The van der Waals surface area contributed by atoms with Crippen LogP contribution >= 0.6 is 0 Å². The SMILES string of the molecule is CC.CC.CN=C(N)/C(F)=C\N(C=O)C(C)OC(C)C. The number of amidine groups is 1. The number of hydrogen-bond donors (Lipinski definition) is 1. The van der Waals surface area contributed by atoms with E-state index in [9.17, 15) is 9.18 Å².